The maximum absolute atomic E-state index is 12.3. The molecule has 0 spiro atoms. The standard InChI is InChI=1S/C10H21F3O3SSi/c1-7(2)18(8(3)4,9(5)6)17(14,15)16-10(11,12)13/h7-9H,1-6H3. The summed E-state index contributed by atoms with van der Waals surface area (Å²) in [5.74, 6) is 0. The van der Waals surface area contributed by atoms with Crippen LogP contribution in [0.15, 0.2) is 0 Å². The van der Waals surface area contributed by atoms with Crippen LogP contribution in [0.3, 0.4) is 0 Å². The highest BCUT2D eigenvalue weighted by atomic mass is 32.4. The summed E-state index contributed by atoms with van der Waals surface area (Å²) < 4.78 is 64.6. The van der Waals surface area contributed by atoms with Crippen LogP contribution in [-0.4, -0.2) is 22.0 Å². The van der Waals surface area contributed by atoms with Gasteiger partial charge in [0.05, 0.1) is 0 Å². The second-order valence-electron chi connectivity index (χ2n) is 5.30. The highest BCUT2D eigenvalue weighted by Gasteiger charge is 2.59. The molecule has 110 valence electrons. The van der Waals surface area contributed by atoms with Gasteiger partial charge in [-0.1, -0.05) is 41.5 Å². The highest BCUT2D eigenvalue weighted by molar-refractivity contribution is 8.19. The summed E-state index contributed by atoms with van der Waals surface area (Å²) in [6.07, 6.45) is -5.16. The van der Waals surface area contributed by atoms with Crippen molar-refractivity contribution >= 4 is 16.8 Å². The van der Waals surface area contributed by atoms with Crippen molar-refractivity contribution in [3.63, 3.8) is 0 Å². The van der Waals surface area contributed by atoms with Crippen LogP contribution >= 0.6 is 0 Å². The SMILES string of the molecule is CC(C)[Si](C(C)C)(C(C)C)S(=O)(=O)OC(F)(F)F. The number of rotatable bonds is 5. The molecule has 0 radical (unpaired) electrons. The molecule has 0 atom stereocenters. The molecule has 0 aromatic carbocycles. The van der Waals surface area contributed by atoms with Crippen LogP contribution in [0.2, 0.25) is 16.6 Å². The number of hydrogen-bond donors (Lipinski definition) is 0. The summed E-state index contributed by atoms with van der Waals surface area (Å²) in [5.41, 5.74) is -1.07. The van der Waals surface area contributed by atoms with E-state index < -0.39 is 23.2 Å². The predicted molar refractivity (Wildman–Crippen MR) is 67.1 cm³/mol. The zero-order chi connectivity index (χ0) is 14.9. The Hall–Kier alpha value is -0.0831. The molecular weight excluding hydrogens is 285 g/mol. The number of halogens is 3. The average Bonchev–Trinajstić information content (AvgIpc) is 1.94. The lowest BCUT2D eigenvalue weighted by Crippen LogP contribution is -2.54. The molecule has 0 fully saturated rings. The molecule has 3 nitrogen and oxygen atoms in total. The van der Waals surface area contributed by atoms with Crippen molar-refractivity contribution < 1.29 is 25.8 Å². The quantitative estimate of drug-likeness (QED) is 0.720. The molecule has 8 heteroatoms. The molecular formula is C10H21F3O3SSi. The van der Waals surface area contributed by atoms with Crippen LogP contribution in [0.5, 0.6) is 0 Å². The lowest BCUT2D eigenvalue weighted by Gasteiger charge is -2.40. The third-order valence-corrected chi connectivity index (χ3v) is 17.1. The van der Waals surface area contributed by atoms with Crippen molar-refractivity contribution in [3.05, 3.63) is 0 Å². The lowest BCUT2D eigenvalue weighted by atomic mass is 10.5. The van der Waals surface area contributed by atoms with E-state index in [1.807, 2.05) is 0 Å². The van der Waals surface area contributed by atoms with Crippen LogP contribution in [-0.2, 0) is 13.8 Å². The topological polar surface area (TPSA) is 43.4 Å². The first-order valence-electron chi connectivity index (χ1n) is 5.81. The van der Waals surface area contributed by atoms with E-state index >= 15 is 0 Å². The Kier molecular flexibility index (Phi) is 5.47. The summed E-state index contributed by atoms with van der Waals surface area (Å²) in [6, 6.07) is 0. The molecule has 0 aliphatic rings. The highest BCUT2D eigenvalue weighted by Crippen LogP contribution is 2.47. The Morgan fingerprint density at radius 1 is 0.889 bits per heavy atom. The van der Waals surface area contributed by atoms with Gasteiger partial charge in [-0.05, 0) is 16.6 Å². The first kappa shape index (κ1) is 17.9. The summed E-state index contributed by atoms with van der Waals surface area (Å²) in [7, 11) is -7.96. The normalized spacial score (nSPS) is 14.9. The minimum absolute atomic E-state index is 0.357. The molecule has 0 saturated carbocycles. The third-order valence-electron chi connectivity index (χ3n) is 3.34. The Labute approximate surface area is 107 Å². The fourth-order valence-electron chi connectivity index (χ4n) is 3.06. The van der Waals surface area contributed by atoms with Crippen molar-refractivity contribution in [1.82, 2.24) is 0 Å². The van der Waals surface area contributed by atoms with E-state index in [0.717, 1.165) is 0 Å². The minimum Gasteiger partial charge on any atom is -0.208 e. The van der Waals surface area contributed by atoms with Gasteiger partial charge in [-0.15, -0.1) is 13.2 Å². The number of hydrogen-bond acceptors (Lipinski definition) is 3. The maximum atomic E-state index is 12.3. The van der Waals surface area contributed by atoms with Gasteiger partial charge in [-0.2, -0.15) is 4.18 Å². The van der Waals surface area contributed by atoms with Gasteiger partial charge in [0.25, 0.3) is 0 Å². The van der Waals surface area contributed by atoms with E-state index in [1.54, 1.807) is 41.5 Å². The average molecular weight is 306 g/mol. The van der Waals surface area contributed by atoms with Gasteiger partial charge < -0.3 is 0 Å². The summed E-state index contributed by atoms with van der Waals surface area (Å²) in [4.78, 5) is 0. The van der Waals surface area contributed by atoms with Crippen LogP contribution in [0.4, 0.5) is 13.2 Å². The van der Waals surface area contributed by atoms with Gasteiger partial charge in [0, 0.05) is 0 Å². The minimum atomic E-state index is -5.16. The van der Waals surface area contributed by atoms with Crippen LogP contribution in [0, 0.1) is 0 Å². The van der Waals surface area contributed by atoms with Crippen molar-refractivity contribution in [2.45, 2.75) is 64.5 Å². The first-order chi connectivity index (χ1) is 7.79. The molecule has 0 aliphatic carbocycles. The van der Waals surface area contributed by atoms with E-state index in [4.69, 9.17) is 0 Å². The van der Waals surface area contributed by atoms with Gasteiger partial charge in [0.2, 0.25) is 16.8 Å². The van der Waals surface area contributed by atoms with Crippen molar-refractivity contribution in [3.8, 4) is 0 Å². The van der Waals surface area contributed by atoms with E-state index in [-0.39, 0.29) is 16.6 Å². The van der Waals surface area contributed by atoms with E-state index in [9.17, 15) is 21.6 Å². The van der Waals surface area contributed by atoms with Crippen LogP contribution in [0.25, 0.3) is 0 Å². The van der Waals surface area contributed by atoms with E-state index in [2.05, 4.69) is 4.18 Å². The van der Waals surface area contributed by atoms with Crippen LogP contribution < -0.4 is 0 Å². The maximum Gasteiger partial charge on any atom is 0.536 e. The second-order valence-corrected chi connectivity index (χ2v) is 15.2. The van der Waals surface area contributed by atoms with Gasteiger partial charge in [-0.3, -0.25) is 0 Å². The Morgan fingerprint density at radius 2 is 1.17 bits per heavy atom. The molecule has 18 heavy (non-hydrogen) atoms. The van der Waals surface area contributed by atoms with Gasteiger partial charge in [-0.25, -0.2) is 8.42 Å². The predicted octanol–water partition coefficient (Wildman–Crippen LogP) is 4.03. The Balaban J connectivity index is 5.88. The van der Waals surface area contributed by atoms with Crippen molar-refractivity contribution in [1.29, 1.82) is 0 Å². The first-order valence-corrected chi connectivity index (χ1v) is 10.2. The summed E-state index contributed by atoms with van der Waals surface area (Å²) in [6.45, 7) is 9.94. The molecule has 0 heterocycles. The Morgan fingerprint density at radius 3 is 1.33 bits per heavy atom. The van der Waals surface area contributed by atoms with Crippen molar-refractivity contribution in [2.24, 2.45) is 0 Å². The van der Waals surface area contributed by atoms with E-state index in [1.165, 1.54) is 0 Å². The molecule has 0 aromatic heterocycles. The molecule has 0 unspecified atom stereocenters. The lowest BCUT2D eigenvalue weighted by molar-refractivity contribution is -0.271. The molecule has 0 N–H and O–H groups in total. The molecule has 0 rings (SSSR count). The zero-order valence-electron chi connectivity index (χ0n) is 11.5. The largest absolute Gasteiger partial charge is 0.536 e. The molecule has 0 bridgehead atoms. The van der Waals surface area contributed by atoms with Crippen LogP contribution in [0.1, 0.15) is 41.5 Å². The monoisotopic (exact) mass is 306 g/mol. The molecule has 0 aliphatic heterocycles. The van der Waals surface area contributed by atoms with Crippen molar-refractivity contribution in [2.75, 3.05) is 0 Å². The molecule has 0 saturated heterocycles. The van der Waals surface area contributed by atoms with Gasteiger partial charge >= 0.3 is 6.36 Å². The Bertz CT molecular complexity index is 353. The fraction of sp³-hybridized carbons (Fsp3) is 1.00. The van der Waals surface area contributed by atoms with Gasteiger partial charge in [0.15, 0.2) is 0 Å². The second kappa shape index (κ2) is 5.50. The smallest absolute Gasteiger partial charge is 0.208 e. The fourth-order valence-corrected chi connectivity index (χ4v) is 15.1. The third kappa shape index (κ3) is 3.27. The summed E-state index contributed by atoms with van der Waals surface area (Å²) >= 11 is 0. The van der Waals surface area contributed by atoms with Gasteiger partial charge in [0.1, 0.15) is 0 Å². The number of alkyl halides is 3. The van der Waals surface area contributed by atoms with E-state index in [0.29, 0.717) is 0 Å². The molecule has 0 aromatic rings. The molecule has 0 amide bonds. The summed E-state index contributed by atoms with van der Waals surface area (Å²) in [5, 5.41) is 0. The zero-order valence-corrected chi connectivity index (χ0v) is 13.3.